The van der Waals surface area contributed by atoms with Crippen LogP contribution < -0.4 is 0 Å². The molecular weight excluding hydrogens is 76.1 g/mol. The molecule has 34 valence electrons. The Morgan fingerprint density at radius 3 is 2.33 bits per heavy atom. The Morgan fingerprint density at radius 2 is 2.33 bits per heavy atom. The van der Waals surface area contributed by atoms with Gasteiger partial charge in [0.15, 0.2) is 0 Å². The first-order valence-electron chi connectivity index (χ1n) is 1.89. The average Bonchev–Trinajstić information content (AvgIpc) is 1.65. The number of rotatable bonds is 2. The number of carbonyl (C=O) groups is 1. The molecule has 0 heterocycles. The van der Waals surface area contributed by atoms with E-state index in [4.69, 9.17) is 0 Å². The van der Waals surface area contributed by atoms with Crippen molar-refractivity contribution in [2.24, 2.45) is 5.92 Å². The van der Waals surface area contributed by atoms with Gasteiger partial charge in [-0.2, -0.15) is 0 Å². The highest BCUT2D eigenvalue weighted by Crippen LogP contribution is 1.90. The Balaban J connectivity index is 2.96. The van der Waals surface area contributed by atoms with E-state index in [0.29, 0.717) is 6.42 Å². The van der Waals surface area contributed by atoms with Gasteiger partial charge >= 0.3 is 0 Å². The summed E-state index contributed by atoms with van der Waals surface area (Å²) in [6.45, 7) is 6.91. The van der Waals surface area contributed by atoms with Gasteiger partial charge in [0.25, 0.3) is 0 Å². The summed E-state index contributed by atoms with van der Waals surface area (Å²) in [5.74, 6) is -0.106. The zero-order chi connectivity index (χ0) is 4.99. The van der Waals surface area contributed by atoms with Crippen molar-refractivity contribution in [1.82, 2.24) is 0 Å². The van der Waals surface area contributed by atoms with Crippen LogP contribution in [0.15, 0.2) is 0 Å². The molecule has 0 aromatic rings. The summed E-state index contributed by atoms with van der Waals surface area (Å²) in [6.07, 6.45) is 1.40. The summed E-state index contributed by atoms with van der Waals surface area (Å²) < 4.78 is 0. The smallest absolute Gasteiger partial charge is 0.123 e. The van der Waals surface area contributed by atoms with Gasteiger partial charge in [0.05, 0.1) is 0 Å². The van der Waals surface area contributed by atoms with Crippen molar-refractivity contribution in [2.75, 3.05) is 0 Å². The van der Waals surface area contributed by atoms with Crippen LogP contribution in [0.2, 0.25) is 0 Å². The monoisotopic (exact) mass is 84.1 g/mol. The molecule has 0 aliphatic carbocycles. The highest BCUT2D eigenvalue weighted by Gasteiger charge is 1.89. The molecule has 0 rings (SSSR count). The molecule has 1 unspecified atom stereocenters. The summed E-state index contributed by atoms with van der Waals surface area (Å²) in [7, 11) is 0. The van der Waals surface area contributed by atoms with E-state index in [0.717, 1.165) is 6.29 Å². The summed E-state index contributed by atoms with van der Waals surface area (Å²) in [5.41, 5.74) is 0. The van der Waals surface area contributed by atoms with E-state index in [1.165, 1.54) is 0 Å². The average molecular weight is 84.1 g/mol. The van der Waals surface area contributed by atoms with Gasteiger partial charge in [0, 0.05) is 5.92 Å². The lowest BCUT2D eigenvalue weighted by atomic mass is 10.2. The zero-order valence-corrected chi connectivity index (χ0v) is 3.68. The van der Waals surface area contributed by atoms with E-state index in [9.17, 15) is 4.79 Å². The Labute approximate surface area is 38.4 Å². The van der Waals surface area contributed by atoms with Gasteiger partial charge in [-0.1, -0.05) is 6.92 Å². The summed E-state index contributed by atoms with van der Waals surface area (Å²) >= 11 is 0. The van der Waals surface area contributed by atoms with Crippen molar-refractivity contribution in [3.8, 4) is 0 Å². The normalized spacial score (nSPS) is 13.7. The van der Waals surface area contributed by atoms with Gasteiger partial charge in [-0.15, -0.1) is 0 Å². The van der Waals surface area contributed by atoms with Gasteiger partial charge in [-0.05, 0) is 13.3 Å². The number of hydrogen-bond donors (Lipinski definition) is 0. The Kier molecular flexibility index (Phi) is 2.73. The van der Waals surface area contributed by atoms with E-state index in [-0.39, 0.29) is 5.92 Å². The topological polar surface area (TPSA) is 17.1 Å². The van der Waals surface area contributed by atoms with Gasteiger partial charge in [-0.3, -0.25) is 0 Å². The fourth-order valence-corrected chi connectivity index (χ4v) is 0.0680. The molecule has 0 aromatic heterocycles. The maximum absolute atomic E-state index is 9.63. The minimum Gasteiger partial charge on any atom is -0.303 e. The van der Waals surface area contributed by atoms with Gasteiger partial charge in [0.2, 0.25) is 0 Å². The van der Waals surface area contributed by atoms with Crippen LogP contribution in [-0.4, -0.2) is 6.29 Å². The molecule has 0 amide bonds. The predicted octanol–water partition coefficient (Wildman–Crippen LogP) is 0.860. The third-order valence-corrected chi connectivity index (χ3v) is 0.563. The van der Waals surface area contributed by atoms with Gasteiger partial charge in [0.1, 0.15) is 6.29 Å². The first-order valence-corrected chi connectivity index (χ1v) is 1.89. The number of hydrogen-bond acceptors (Lipinski definition) is 1. The molecule has 0 saturated heterocycles. The SMILES string of the molecule is [CH2]CC([CH2])C=O. The number of aldehydes is 1. The molecule has 0 aromatic carbocycles. The largest absolute Gasteiger partial charge is 0.303 e. The molecule has 0 fully saturated rings. The van der Waals surface area contributed by atoms with Crippen LogP contribution in [0, 0.1) is 19.8 Å². The molecule has 0 aliphatic rings. The lowest BCUT2D eigenvalue weighted by Crippen LogP contribution is -1.90. The zero-order valence-electron chi connectivity index (χ0n) is 3.68. The molecule has 0 aliphatic heterocycles. The van der Waals surface area contributed by atoms with Crippen molar-refractivity contribution in [3.63, 3.8) is 0 Å². The van der Waals surface area contributed by atoms with Crippen molar-refractivity contribution in [3.05, 3.63) is 13.8 Å². The predicted molar refractivity (Wildman–Crippen MR) is 24.9 cm³/mol. The fourth-order valence-electron chi connectivity index (χ4n) is 0.0680. The lowest BCUT2D eigenvalue weighted by Gasteiger charge is -1.89. The van der Waals surface area contributed by atoms with E-state index < -0.39 is 0 Å². The Morgan fingerprint density at radius 1 is 1.83 bits per heavy atom. The fraction of sp³-hybridized carbons (Fsp3) is 0.400. The van der Waals surface area contributed by atoms with Crippen molar-refractivity contribution < 1.29 is 4.79 Å². The van der Waals surface area contributed by atoms with E-state index in [2.05, 4.69) is 13.8 Å². The van der Waals surface area contributed by atoms with Crippen LogP contribution in [0.3, 0.4) is 0 Å². The third-order valence-electron chi connectivity index (χ3n) is 0.563. The molecule has 1 nitrogen and oxygen atoms in total. The van der Waals surface area contributed by atoms with Crippen molar-refractivity contribution in [2.45, 2.75) is 6.42 Å². The molecule has 6 heavy (non-hydrogen) atoms. The second-order valence-corrected chi connectivity index (χ2v) is 1.18. The van der Waals surface area contributed by atoms with Crippen molar-refractivity contribution >= 4 is 6.29 Å². The van der Waals surface area contributed by atoms with Crippen LogP contribution in [-0.2, 0) is 4.79 Å². The Hall–Kier alpha value is -0.330. The van der Waals surface area contributed by atoms with Crippen LogP contribution in [0.4, 0.5) is 0 Å². The molecular formula is C5H8O. The maximum atomic E-state index is 9.63. The summed E-state index contributed by atoms with van der Waals surface area (Å²) in [5, 5.41) is 0. The standard InChI is InChI=1S/C5H8O/c1-3-5(2)4-6/h4-5H,1-3H2. The second-order valence-electron chi connectivity index (χ2n) is 1.18. The maximum Gasteiger partial charge on any atom is 0.123 e. The Bertz CT molecular complexity index is 41.2. The quantitative estimate of drug-likeness (QED) is 0.453. The highest BCUT2D eigenvalue weighted by molar-refractivity contribution is 5.54. The van der Waals surface area contributed by atoms with Crippen LogP contribution in [0.5, 0.6) is 0 Å². The molecule has 0 bridgehead atoms. The summed E-state index contributed by atoms with van der Waals surface area (Å²) in [4.78, 5) is 9.63. The van der Waals surface area contributed by atoms with Gasteiger partial charge < -0.3 is 4.79 Å². The third kappa shape index (κ3) is 1.94. The molecule has 0 N–H and O–H groups in total. The first kappa shape index (κ1) is 5.67. The lowest BCUT2D eigenvalue weighted by molar-refractivity contribution is -0.109. The van der Waals surface area contributed by atoms with Crippen molar-refractivity contribution in [1.29, 1.82) is 0 Å². The summed E-state index contributed by atoms with van der Waals surface area (Å²) in [6, 6.07) is 0. The first-order chi connectivity index (χ1) is 2.81. The molecule has 0 spiro atoms. The van der Waals surface area contributed by atoms with Crippen LogP contribution >= 0.6 is 0 Å². The molecule has 0 saturated carbocycles. The number of carbonyl (C=O) groups excluding carboxylic acids is 1. The van der Waals surface area contributed by atoms with E-state index in [1.807, 2.05) is 0 Å². The van der Waals surface area contributed by atoms with Crippen LogP contribution in [0.25, 0.3) is 0 Å². The molecule has 1 heteroatoms. The minimum absolute atomic E-state index is 0.106. The molecule has 2 radical (unpaired) electrons. The second kappa shape index (κ2) is 2.88. The molecule has 1 atom stereocenters. The highest BCUT2D eigenvalue weighted by atomic mass is 16.1. The van der Waals surface area contributed by atoms with E-state index in [1.54, 1.807) is 0 Å². The van der Waals surface area contributed by atoms with E-state index >= 15 is 0 Å². The minimum atomic E-state index is -0.106. The van der Waals surface area contributed by atoms with Crippen LogP contribution in [0.1, 0.15) is 6.42 Å². The van der Waals surface area contributed by atoms with Gasteiger partial charge in [-0.25, -0.2) is 0 Å².